The molecule has 104 valence electrons. The molecule has 4 heteroatoms. The number of hydrogen-bond donors (Lipinski definition) is 2. The van der Waals surface area contributed by atoms with Crippen molar-refractivity contribution in [2.45, 2.75) is 32.7 Å². The fraction of sp³-hybridized carbons (Fsp3) is 0.533. The summed E-state index contributed by atoms with van der Waals surface area (Å²) in [5.74, 6) is 2.49. The number of benzene rings is 1. The number of nitrogens with one attached hydrogen (secondary N) is 2. The van der Waals surface area contributed by atoms with Gasteiger partial charge in [-0.2, -0.15) is 11.8 Å². The largest absolute Gasteiger partial charge is 0.382 e. The van der Waals surface area contributed by atoms with Crippen LogP contribution in [0.15, 0.2) is 18.2 Å². The van der Waals surface area contributed by atoms with Crippen molar-refractivity contribution in [3.05, 3.63) is 29.3 Å². The van der Waals surface area contributed by atoms with Gasteiger partial charge in [-0.15, -0.1) is 0 Å². The molecule has 1 heterocycles. The van der Waals surface area contributed by atoms with Crippen molar-refractivity contribution < 1.29 is 4.79 Å². The molecule has 0 bridgehead atoms. The molecule has 1 aromatic carbocycles. The maximum Gasteiger partial charge on any atom is 0.251 e. The van der Waals surface area contributed by atoms with Gasteiger partial charge in [0.2, 0.25) is 0 Å². The van der Waals surface area contributed by atoms with E-state index in [1.165, 1.54) is 24.3 Å². The molecule has 1 aliphatic rings. The Hall–Kier alpha value is -1.16. The summed E-state index contributed by atoms with van der Waals surface area (Å²) in [5, 5.41) is 6.43. The zero-order valence-corrected chi connectivity index (χ0v) is 12.5. The average Bonchev–Trinajstić information content (AvgIpc) is 2.42. The minimum atomic E-state index is 0.00576. The van der Waals surface area contributed by atoms with Gasteiger partial charge < -0.3 is 10.6 Å². The predicted molar refractivity (Wildman–Crippen MR) is 83.2 cm³/mol. The Morgan fingerprint density at radius 1 is 1.37 bits per heavy atom. The first-order valence-corrected chi connectivity index (χ1v) is 8.09. The molecule has 1 aliphatic heterocycles. The quantitative estimate of drug-likeness (QED) is 0.889. The molecular formula is C15H22N2OS. The van der Waals surface area contributed by atoms with E-state index in [-0.39, 0.29) is 5.91 Å². The first kappa shape index (κ1) is 14.3. The minimum absolute atomic E-state index is 0.00576. The number of thioether (sulfide) groups is 1. The molecule has 2 rings (SSSR count). The van der Waals surface area contributed by atoms with E-state index in [0.29, 0.717) is 12.6 Å². The summed E-state index contributed by atoms with van der Waals surface area (Å²) in [4.78, 5) is 11.8. The molecule has 0 spiro atoms. The Bertz CT molecular complexity index is 442. The van der Waals surface area contributed by atoms with Crippen LogP contribution in [0.4, 0.5) is 5.69 Å². The molecule has 1 fully saturated rings. The standard InChI is InChI=1S/C15H22N2OS/c1-3-16-15(18)12-4-5-14(11(2)10-12)17-13-6-8-19-9-7-13/h4-5,10,13,17H,3,6-9H2,1-2H3,(H,16,18). The summed E-state index contributed by atoms with van der Waals surface area (Å²) >= 11 is 2.03. The van der Waals surface area contributed by atoms with Crippen LogP contribution in [0.25, 0.3) is 0 Å². The first-order valence-electron chi connectivity index (χ1n) is 6.94. The van der Waals surface area contributed by atoms with Gasteiger partial charge in [0.15, 0.2) is 0 Å². The highest BCUT2D eigenvalue weighted by Crippen LogP contribution is 2.23. The first-order chi connectivity index (χ1) is 9.20. The number of anilines is 1. The van der Waals surface area contributed by atoms with E-state index in [9.17, 15) is 4.79 Å². The molecular weight excluding hydrogens is 256 g/mol. The van der Waals surface area contributed by atoms with Crippen molar-refractivity contribution in [2.75, 3.05) is 23.4 Å². The smallest absolute Gasteiger partial charge is 0.251 e. The van der Waals surface area contributed by atoms with Crippen LogP contribution in [-0.2, 0) is 0 Å². The molecule has 0 aliphatic carbocycles. The Morgan fingerprint density at radius 3 is 2.74 bits per heavy atom. The van der Waals surface area contributed by atoms with E-state index in [2.05, 4.69) is 17.6 Å². The molecule has 1 aromatic rings. The Kier molecular flexibility index (Phi) is 5.14. The average molecular weight is 278 g/mol. The van der Waals surface area contributed by atoms with Crippen LogP contribution in [0, 0.1) is 6.92 Å². The monoisotopic (exact) mass is 278 g/mol. The minimum Gasteiger partial charge on any atom is -0.382 e. The van der Waals surface area contributed by atoms with Gasteiger partial charge in [-0.05, 0) is 62.0 Å². The molecule has 0 aromatic heterocycles. The number of rotatable bonds is 4. The van der Waals surface area contributed by atoms with E-state index in [1.807, 2.05) is 36.9 Å². The Morgan fingerprint density at radius 2 is 2.11 bits per heavy atom. The van der Waals surface area contributed by atoms with Crippen molar-refractivity contribution in [1.29, 1.82) is 0 Å². The second-order valence-corrected chi connectivity index (χ2v) is 6.14. The van der Waals surface area contributed by atoms with Crippen molar-refractivity contribution in [2.24, 2.45) is 0 Å². The van der Waals surface area contributed by atoms with Crippen LogP contribution in [0.5, 0.6) is 0 Å². The topological polar surface area (TPSA) is 41.1 Å². The lowest BCUT2D eigenvalue weighted by molar-refractivity contribution is 0.0956. The second-order valence-electron chi connectivity index (χ2n) is 4.92. The fourth-order valence-electron chi connectivity index (χ4n) is 2.29. The molecule has 0 atom stereocenters. The van der Waals surface area contributed by atoms with Crippen molar-refractivity contribution in [3.63, 3.8) is 0 Å². The normalized spacial score (nSPS) is 16.1. The van der Waals surface area contributed by atoms with Gasteiger partial charge in [0.1, 0.15) is 0 Å². The Labute approximate surface area is 119 Å². The van der Waals surface area contributed by atoms with Crippen LogP contribution in [0.3, 0.4) is 0 Å². The summed E-state index contributed by atoms with van der Waals surface area (Å²) < 4.78 is 0. The summed E-state index contributed by atoms with van der Waals surface area (Å²) in [6, 6.07) is 6.47. The summed E-state index contributed by atoms with van der Waals surface area (Å²) in [5.41, 5.74) is 3.04. The molecule has 1 saturated heterocycles. The molecule has 0 saturated carbocycles. The fourth-order valence-corrected chi connectivity index (χ4v) is 3.40. The molecule has 1 amide bonds. The summed E-state index contributed by atoms with van der Waals surface area (Å²) in [6.07, 6.45) is 2.45. The highest BCUT2D eigenvalue weighted by molar-refractivity contribution is 7.99. The van der Waals surface area contributed by atoms with E-state index in [1.54, 1.807) is 0 Å². The van der Waals surface area contributed by atoms with Gasteiger partial charge in [0, 0.05) is 23.8 Å². The number of aryl methyl sites for hydroxylation is 1. The Balaban J connectivity index is 2.04. The number of carbonyl (C=O) groups excluding carboxylic acids is 1. The van der Waals surface area contributed by atoms with Gasteiger partial charge in [-0.1, -0.05) is 0 Å². The summed E-state index contributed by atoms with van der Waals surface area (Å²) in [6.45, 7) is 4.65. The zero-order chi connectivity index (χ0) is 13.7. The number of amides is 1. The van der Waals surface area contributed by atoms with Crippen LogP contribution in [-0.4, -0.2) is 30.0 Å². The van der Waals surface area contributed by atoms with Gasteiger partial charge in [-0.25, -0.2) is 0 Å². The van der Waals surface area contributed by atoms with E-state index >= 15 is 0 Å². The highest BCUT2D eigenvalue weighted by Gasteiger charge is 2.14. The zero-order valence-electron chi connectivity index (χ0n) is 11.7. The van der Waals surface area contributed by atoms with Crippen LogP contribution in [0.2, 0.25) is 0 Å². The SMILES string of the molecule is CCNC(=O)c1ccc(NC2CCSCC2)c(C)c1. The van der Waals surface area contributed by atoms with Crippen molar-refractivity contribution in [1.82, 2.24) is 5.32 Å². The van der Waals surface area contributed by atoms with E-state index < -0.39 is 0 Å². The van der Waals surface area contributed by atoms with Crippen LogP contribution >= 0.6 is 11.8 Å². The number of hydrogen-bond acceptors (Lipinski definition) is 3. The van der Waals surface area contributed by atoms with E-state index in [0.717, 1.165) is 16.8 Å². The third-order valence-electron chi connectivity index (χ3n) is 3.41. The van der Waals surface area contributed by atoms with Crippen LogP contribution < -0.4 is 10.6 Å². The van der Waals surface area contributed by atoms with Gasteiger partial charge >= 0.3 is 0 Å². The van der Waals surface area contributed by atoms with Gasteiger partial charge in [-0.3, -0.25) is 4.79 Å². The molecule has 0 radical (unpaired) electrons. The molecule has 2 N–H and O–H groups in total. The molecule has 19 heavy (non-hydrogen) atoms. The molecule has 3 nitrogen and oxygen atoms in total. The van der Waals surface area contributed by atoms with Crippen molar-refractivity contribution >= 4 is 23.4 Å². The lowest BCUT2D eigenvalue weighted by Gasteiger charge is -2.24. The lowest BCUT2D eigenvalue weighted by atomic mass is 10.1. The third-order valence-corrected chi connectivity index (χ3v) is 4.46. The third kappa shape index (κ3) is 3.90. The molecule has 0 unspecified atom stereocenters. The number of carbonyl (C=O) groups is 1. The maximum atomic E-state index is 11.8. The van der Waals surface area contributed by atoms with Gasteiger partial charge in [0.05, 0.1) is 0 Å². The lowest BCUT2D eigenvalue weighted by Crippen LogP contribution is -2.25. The van der Waals surface area contributed by atoms with Crippen molar-refractivity contribution in [3.8, 4) is 0 Å². The van der Waals surface area contributed by atoms with E-state index in [4.69, 9.17) is 0 Å². The highest BCUT2D eigenvalue weighted by atomic mass is 32.2. The maximum absolute atomic E-state index is 11.8. The second kappa shape index (κ2) is 6.85. The summed E-state index contributed by atoms with van der Waals surface area (Å²) in [7, 11) is 0. The van der Waals surface area contributed by atoms with Crippen LogP contribution in [0.1, 0.15) is 35.7 Å². The van der Waals surface area contributed by atoms with Gasteiger partial charge in [0.25, 0.3) is 5.91 Å². The predicted octanol–water partition coefficient (Wildman–Crippen LogP) is 3.05.